The van der Waals surface area contributed by atoms with Crippen LogP contribution in [0.25, 0.3) is 0 Å². The lowest BCUT2D eigenvalue weighted by molar-refractivity contribution is 0.0372. The smallest absolute Gasteiger partial charge is 0.111 e. The van der Waals surface area contributed by atoms with E-state index in [1.807, 2.05) is 0 Å². The number of rotatable bonds is 2. The number of hydrogen-bond donors (Lipinski definition) is 0. The first-order valence-corrected chi connectivity index (χ1v) is 7.08. The van der Waals surface area contributed by atoms with E-state index in [-0.39, 0.29) is 5.54 Å². The first-order valence-electron chi connectivity index (χ1n) is 7.08. The van der Waals surface area contributed by atoms with Crippen LogP contribution in [0, 0.1) is 11.3 Å². The predicted octanol–water partition coefficient (Wildman–Crippen LogP) is 2.24. The molecule has 0 aromatic heterocycles. The van der Waals surface area contributed by atoms with Gasteiger partial charge in [-0.1, -0.05) is 6.42 Å². The van der Waals surface area contributed by atoms with E-state index in [1.165, 1.54) is 19.3 Å². The summed E-state index contributed by atoms with van der Waals surface area (Å²) in [6.45, 7) is 8.94. The zero-order valence-corrected chi connectivity index (χ0v) is 11.3. The molecule has 2 rings (SSSR count). The number of likely N-dealkylation sites (tertiary alicyclic amines) is 2. The first-order chi connectivity index (χ1) is 8.18. The molecule has 0 unspecified atom stereocenters. The van der Waals surface area contributed by atoms with E-state index in [0.717, 1.165) is 39.0 Å². The number of hydrogen-bond acceptors (Lipinski definition) is 3. The van der Waals surface area contributed by atoms with Crippen molar-refractivity contribution in [2.24, 2.45) is 0 Å². The van der Waals surface area contributed by atoms with Gasteiger partial charge in [0.2, 0.25) is 0 Å². The van der Waals surface area contributed by atoms with Crippen LogP contribution in [-0.2, 0) is 0 Å². The minimum absolute atomic E-state index is 0.147. The Labute approximate surface area is 105 Å². The van der Waals surface area contributed by atoms with E-state index < -0.39 is 0 Å². The fraction of sp³-hybridized carbons (Fsp3) is 0.929. The average Bonchev–Trinajstić information content (AvgIpc) is 2.40. The van der Waals surface area contributed by atoms with Gasteiger partial charge in [0.1, 0.15) is 5.54 Å². The molecule has 0 spiro atoms. The van der Waals surface area contributed by atoms with Crippen molar-refractivity contribution in [2.45, 2.75) is 57.5 Å². The fourth-order valence-electron chi connectivity index (χ4n) is 3.23. The second-order valence-electron chi connectivity index (χ2n) is 5.82. The van der Waals surface area contributed by atoms with Crippen LogP contribution in [0.15, 0.2) is 0 Å². The summed E-state index contributed by atoms with van der Waals surface area (Å²) in [7, 11) is 0. The van der Waals surface area contributed by atoms with Gasteiger partial charge in [-0.05, 0) is 52.6 Å². The van der Waals surface area contributed by atoms with Crippen LogP contribution in [0.5, 0.6) is 0 Å². The zero-order valence-electron chi connectivity index (χ0n) is 11.3. The Balaban J connectivity index is 2.00. The highest BCUT2D eigenvalue weighted by molar-refractivity contribution is 5.11. The molecule has 0 aromatic carbocycles. The quantitative estimate of drug-likeness (QED) is 0.735. The molecule has 0 amide bonds. The molecule has 96 valence electrons. The maximum atomic E-state index is 9.61. The highest BCUT2D eigenvalue weighted by Crippen LogP contribution is 2.31. The number of nitriles is 1. The summed E-state index contributed by atoms with van der Waals surface area (Å²) in [4.78, 5) is 4.97. The molecule has 0 bridgehead atoms. The molecule has 2 fully saturated rings. The van der Waals surface area contributed by atoms with E-state index in [0.29, 0.717) is 6.04 Å². The molecule has 3 heteroatoms. The lowest BCUT2D eigenvalue weighted by atomic mass is 9.85. The highest BCUT2D eigenvalue weighted by atomic mass is 15.2. The molecule has 2 heterocycles. The van der Waals surface area contributed by atoms with Crippen molar-refractivity contribution in [3.8, 4) is 6.07 Å². The highest BCUT2D eigenvalue weighted by Gasteiger charge is 2.40. The lowest BCUT2D eigenvalue weighted by Gasteiger charge is -2.46. The van der Waals surface area contributed by atoms with E-state index in [9.17, 15) is 5.26 Å². The molecule has 0 atom stereocenters. The molecule has 0 radical (unpaired) electrons. The van der Waals surface area contributed by atoms with Gasteiger partial charge in [-0.2, -0.15) is 5.26 Å². The summed E-state index contributed by atoms with van der Waals surface area (Å²) in [5.41, 5.74) is -0.147. The molecule has 0 saturated carbocycles. The summed E-state index contributed by atoms with van der Waals surface area (Å²) in [6.07, 6.45) is 5.95. The Hall–Kier alpha value is -0.590. The molecule has 17 heavy (non-hydrogen) atoms. The van der Waals surface area contributed by atoms with Crippen molar-refractivity contribution in [2.75, 3.05) is 26.2 Å². The van der Waals surface area contributed by atoms with Crippen LogP contribution >= 0.6 is 0 Å². The Bertz CT molecular complexity index is 278. The molecular weight excluding hydrogens is 210 g/mol. The summed E-state index contributed by atoms with van der Waals surface area (Å²) >= 11 is 0. The monoisotopic (exact) mass is 235 g/mol. The predicted molar refractivity (Wildman–Crippen MR) is 69.7 cm³/mol. The normalized spacial score (nSPS) is 26.9. The summed E-state index contributed by atoms with van der Waals surface area (Å²) in [5, 5.41) is 9.61. The topological polar surface area (TPSA) is 30.3 Å². The summed E-state index contributed by atoms with van der Waals surface area (Å²) < 4.78 is 0. The fourth-order valence-corrected chi connectivity index (χ4v) is 3.23. The third-order valence-electron chi connectivity index (χ3n) is 4.52. The summed E-state index contributed by atoms with van der Waals surface area (Å²) in [5.74, 6) is 0. The van der Waals surface area contributed by atoms with Gasteiger partial charge < -0.3 is 4.90 Å². The van der Waals surface area contributed by atoms with Gasteiger partial charge in [0.05, 0.1) is 6.07 Å². The second kappa shape index (κ2) is 5.37. The Kier molecular flexibility index (Phi) is 4.06. The second-order valence-corrected chi connectivity index (χ2v) is 5.82. The molecule has 2 aliphatic heterocycles. The Morgan fingerprint density at radius 2 is 1.59 bits per heavy atom. The molecule has 3 nitrogen and oxygen atoms in total. The third-order valence-corrected chi connectivity index (χ3v) is 4.52. The molecule has 0 N–H and O–H groups in total. The van der Waals surface area contributed by atoms with E-state index >= 15 is 0 Å². The Morgan fingerprint density at radius 3 is 2.06 bits per heavy atom. The van der Waals surface area contributed by atoms with Crippen molar-refractivity contribution in [1.82, 2.24) is 9.80 Å². The van der Waals surface area contributed by atoms with Gasteiger partial charge in [-0.25, -0.2) is 0 Å². The van der Waals surface area contributed by atoms with Gasteiger partial charge >= 0.3 is 0 Å². The standard InChI is InChI=1S/C14H25N3/c1-13(2)16-10-6-14(12-15,7-11-16)17-8-4-3-5-9-17/h13H,3-11H2,1-2H3. The maximum Gasteiger partial charge on any atom is 0.111 e. The molecular formula is C14H25N3. The van der Waals surface area contributed by atoms with E-state index in [1.54, 1.807) is 0 Å². The van der Waals surface area contributed by atoms with Gasteiger partial charge in [0.25, 0.3) is 0 Å². The minimum Gasteiger partial charge on any atom is -0.301 e. The van der Waals surface area contributed by atoms with Crippen LogP contribution in [0.2, 0.25) is 0 Å². The number of nitrogens with zero attached hydrogens (tertiary/aromatic N) is 3. The van der Waals surface area contributed by atoms with Gasteiger partial charge in [-0.15, -0.1) is 0 Å². The molecule has 0 aliphatic carbocycles. The van der Waals surface area contributed by atoms with Gasteiger partial charge in [0.15, 0.2) is 0 Å². The first kappa shape index (κ1) is 12.9. The third kappa shape index (κ3) is 2.64. The number of piperidine rings is 2. The SMILES string of the molecule is CC(C)N1CCC(C#N)(N2CCCCC2)CC1. The van der Waals surface area contributed by atoms with Crippen LogP contribution in [0.4, 0.5) is 0 Å². The van der Waals surface area contributed by atoms with E-state index in [4.69, 9.17) is 0 Å². The van der Waals surface area contributed by atoms with Gasteiger partial charge in [-0.3, -0.25) is 4.90 Å². The van der Waals surface area contributed by atoms with Crippen LogP contribution in [-0.4, -0.2) is 47.6 Å². The van der Waals surface area contributed by atoms with Crippen LogP contribution in [0.3, 0.4) is 0 Å². The van der Waals surface area contributed by atoms with Crippen molar-refractivity contribution in [3.05, 3.63) is 0 Å². The lowest BCUT2D eigenvalue weighted by Crippen LogP contribution is -2.56. The van der Waals surface area contributed by atoms with Crippen LogP contribution < -0.4 is 0 Å². The largest absolute Gasteiger partial charge is 0.301 e. The molecule has 2 saturated heterocycles. The van der Waals surface area contributed by atoms with Crippen molar-refractivity contribution in [1.29, 1.82) is 5.26 Å². The average molecular weight is 235 g/mol. The minimum atomic E-state index is -0.147. The van der Waals surface area contributed by atoms with Crippen molar-refractivity contribution >= 4 is 0 Å². The van der Waals surface area contributed by atoms with Crippen molar-refractivity contribution < 1.29 is 0 Å². The summed E-state index contributed by atoms with van der Waals surface area (Å²) in [6, 6.07) is 3.26. The Morgan fingerprint density at radius 1 is 1.00 bits per heavy atom. The van der Waals surface area contributed by atoms with Gasteiger partial charge in [0, 0.05) is 19.1 Å². The molecule has 2 aliphatic rings. The van der Waals surface area contributed by atoms with Crippen LogP contribution in [0.1, 0.15) is 46.0 Å². The zero-order chi connectivity index (χ0) is 12.3. The van der Waals surface area contributed by atoms with Crippen molar-refractivity contribution in [3.63, 3.8) is 0 Å². The van der Waals surface area contributed by atoms with E-state index in [2.05, 4.69) is 29.7 Å². The maximum absolute atomic E-state index is 9.61. The molecule has 0 aromatic rings.